The number of aromatic amines is 4. The number of H-pyrrole nitrogens is 4. The highest BCUT2D eigenvalue weighted by Gasteiger charge is 1.96. The van der Waals surface area contributed by atoms with Gasteiger partial charge in [0.15, 0.2) is 0 Å². The molecule has 23 nitrogen and oxygen atoms in total. The van der Waals surface area contributed by atoms with Crippen molar-refractivity contribution < 1.29 is 0 Å². The summed E-state index contributed by atoms with van der Waals surface area (Å²) in [4.78, 5) is 43.2. The average molecular weight is 1440 g/mol. The molecule has 1 aromatic carbocycles. The first kappa shape index (κ1) is 113. The van der Waals surface area contributed by atoms with Crippen LogP contribution in [0, 0.1) is 53.3 Å². The van der Waals surface area contributed by atoms with Crippen molar-refractivity contribution in [2.45, 2.75) is 226 Å². The first-order valence-corrected chi connectivity index (χ1v) is 35.8. The van der Waals surface area contributed by atoms with Gasteiger partial charge in [-0.25, -0.2) is 39.9 Å². The van der Waals surface area contributed by atoms with Gasteiger partial charge in [0, 0.05) is 92.4 Å². The van der Waals surface area contributed by atoms with Crippen molar-refractivity contribution in [1.29, 1.82) is 0 Å². The fourth-order valence-electron chi connectivity index (χ4n) is 3.49. The van der Waals surface area contributed by atoms with E-state index in [0.29, 0.717) is 11.8 Å². The number of pyridine rings is 1. The lowest BCUT2D eigenvalue weighted by Crippen LogP contribution is -1.88. The molecule has 10 aromatic heterocycles. The first-order valence-electron chi connectivity index (χ1n) is 35.8. The molecular formula is C81H145N23. The Labute approximate surface area is 632 Å². The van der Waals surface area contributed by atoms with Crippen LogP contribution in [0.5, 0.6) is 0 Å². The predicted molar refractivity (Wildman–Crippen MR) is 439 cm³/mol. The second kappa shape index (κ2) is 99.7. The summed E-state index contributed by atoms with van der Waals surface area (Å²) in [7, 11) is 0. The Kier molecular flexibility index (Phi) is 108. The molecule has 0 aliphatic carbocycles. The van der Waals surface area contributed by atoms with E-state index >= 15 is 0 Å². The van der Waals surface area contributed by atoms with Crippen molar-refractivity contribution in [3.05, 3.63) is 240 Å². The molecule has 23 heteroatoms. The van der Waals surface area contributed by atoms with Crippen LogP contribution in [0.2, 0.25) is 0 Å². The van der Waals surface area contributed by atoms with E-state index in [2.05, 4.69) is 355 Å². The van der Waals surface area contributed by atoms with E-state index in [0.717, 1.165) is 59.0 Å². The number of imidazole rings is 1. The van der Waals surface area contributed by atoms with Crippen LogP contribution in [0.1, 0.15) is 238 Å². The lowest BCUT2D eigenvalue weighted by molar-refractivity contribution is 0.736. The number of rotatable bonds is 2. The quantitative estimate of drug-likeness (QED) is 0.125. The highest BCUT2D eigenvalue weighted by Crippen LogP contribution is 2.12. The molecule has 11 rings (SSSR count). The molecule has 0 unspecified atom stereocenters. The second-order valence-electron chi connectivity index (χ2n) is 27.7. The highest BCUT2D eigenvalue weighted by atomic mass is 15.3. The van der Waals surface area contributed by atoms with Gasteiger partial charge in [-0.15, -0.1) is 5.10 Å². The SMILES string of the molecule is CC(C)C.CC(C)C.CC(C)C.CC(C)C.CC(C)C.CC(C)C.CC(C)C.CC(C)C.CC(C)C.CC(C)c1ccccc1.CC(C)c1ccccn1.c1c[nH]cn1.c1ccnnc1.c1cn[nH]c1.c1cn[nH]n1.c1cnccn1.c1cncnc1.c1cnncn1.c1nc[nH]n1.c1ncncn1. The third-order valence-electron chi connectivity index (χ3n) is 6.46. The van der Waals surface area contributed by atoms with Gasteiger partial charge >= 0.3 is 0 Å². The summed E-state index contributed by atoms with van der Waals surface area (Å²) in [5, 5.41) is 35.5. The Bertz CT molecular complexity index is 2220. The van der Waals surface area contributed by atoms with Crippen molar-refractivity contribution >= 4 is 0 Å². The molecule has 4 N–H and O–H groups in total. The molecule has 584 valence electrons. The summed E-state index contributed by atoms with van der Waals surface area (Å²) in [6.07, 6.45) is 40.0. The van der Waals surface area contributed by atoms with Gasteiger partial charge in [-0.05, 0) is 107 Å². The standard InChI is InChI=1S/C9H12.C8H11N.3C4H4N2.9C4H10.2C3H3N3.2C3H4N2.2C2H3N3/c1-8(2)9-6-4-3-5-7-9;1-7(2)8-5-3-4-6-9-8;1-2-6-4-3-5-1;1-2-5-4-6-3-1;1-2-4-6-5-3-1;9*1-4(2)3;1-4-2-6-3-5-1;1-2-5-6-3-4-1;1-2-5-3-4-1;1-2-4-5-3-1;1-3-2-5-4-1;1-2-4-5-3-1/h3-8H,1-2H3;3-7H,1-2H3;3*1-4H;9*4H,1-3H3;2*1-3H;2*1-3H,(H,4,5);2*1-2H,(H,3,4,5). The lowest BCUT2D eigenvalue weighted by Gasteiger charge is -2.01. The number of benzene rings is 1. The highest BCUT2D eigenvalue weighted by molar-refractivity contribution is 5.17. The first-order chi connectivity index (χ1) is 49.2. The van der Waals surface area contributed by atoms with Crippen molar-refractivity contribution in [3.63, 3.8) is 0 Å². The molecule has 0 amide bonds. The minimum absolute atomic E-state index is 0.547. The van der Waals surface area contributed by atoms with Gasteiger partial charge in [-0.1, -0.05) is 251 Å². The summed E-state index contributed by atoms with van der Waals surface area (Å²) in [6.45, 7) is 67.2. The van der Waals surface area contributed by atoms with Crippen LogP contribution >= 0.6 is 0 Å². The summed E-state index contributed by atoms with van der Waals surface area (Å²) in [6, 6.07) is 23.8. The topological polar surface area (TPSA) is 308 Å². The second-order valence-corrected chi connectivity index (χ2v) is 27.7. The molecule has 0 aliphatic rings. The summed E-state index contributed by atoms with van der Waals surface area (Å²) >= 11 is 0. The van der Waals surface area contributed by atoms with E-state index < -0.39 is 0 Å². The normalized spacial score (nSPS) is 8.71. The van der Waals surface area contributed by atoms with E-state index in [-0.39, 0.29) is 0 Å². The zero-order valence-corrected chi connectivity index (χ0v) is 70.2. The van der Waals surface area contributed by atoms with Crippen LogP contribution in [0.4, 0.5) is 0 Å². The average Bonchev–Trinajstić information content (AvgIpc) is 1.31. The number of hydrogen-bond donors (Lipinski definition) is 4. The Morgan fingerprint density at radius 3 is 0.769 bits per heavy atom. The Morgan fingerprint density at radius 1 is 0.231 bits per heavy atom. The number of hydrogen-bond acceptors (Lipinski definition) is 19. The summed E-state index contributed by atoms with van der Waals surface area (Å²) in [5.41, 5.74) is 2.58. The maximum Gasteiger partial charge on any atom is 0.138 e. The van der Waals surface area contributed by atoms with Crippen LogP contribution < -0.4 is 0 Å². The minimum Gasteiger partial charge on any atom is -0.351 e. The molecule has 0 bridgehead atoms. The molecular weight excluding hydrogens is 1300 g/mol. The van der Waals surface area contributed by atoms with E-state index in [1.165, 1.54) is 56.1 Å². The third kappa shape index (κ3) is 186. The van der Waals surface area contributed by atoms with Crippen LogP contribution in [-0.2, 0) is 0 Å². The van der Waals surface area contributed by atoms with Gasteiger partial charge in [0.2, 0.25) is 0 Å². The zero-order valence-electron chi connectivity index (χ0n) is 70.2. The molecule has 0 radical (unpaired) electrons. The fourth-order valence-corrected chi connectivity index (χ4v) is 3.49. The monoisotopic (exact) mass is 1440 g/mol. The fraction of sp³-hybridized carbons (Fsp3) is 0.519. The summed E-state index contributed by atoms with van der Waals surface area (Å²) in [5.74, 6) is 8.71. The number of aromatic nitrogens is 23. The Morgan fingerprint density at radius 2 is 0.625 bits per heavy atom. The number of nitrogens with one attached hydrogen (secondary N) is 4. The van der Waals surface area contributed by atoms with E-state index in [1.807, 2.05) is 48.7 Å². The lowest BCUT2D eigenvalue weighted by atomic mass is 10.0. The van der Waals surface area contributed by atoms with Crippen LogP contribution in [-0.4, -0.2) is 116 Å². The molecule has 0 fully saturated rings. The van der Waals surface area contributed by atoms with Crippen molar-refractivity contribution in [2.24, 2.45) is 53.3 Å². The molecule has 0 saturated heterocycles. The van der Waals surface area contributed by atoms with Gasteiger partial charge in [0.05, 0.1) is 24.9 Å². The van der Waals surface area contributed by atoms with E-state index in [4.69, 9.17) is 0 Å². The van der Waals surface area contributed by atoms with Gasteiger partial charge in [0.1, 0.15) is 44.3 Å². The molecule has 104 heavy (non-hydrogen) atoms. The molecule has 10 heterocycles. The summed E-state index contributed by atoms with van der Waals surface area (Å²) < 4.78 is 0. The van der Waals surface area contributed by atoms with Crippen LogP contribution in [0.3, 0.4) is 0 Å². The number of nitrogens with zero attached hydrogens (tertiary/aromatic N) is 19. The molecule has 0 atom stereocenters. The molecule has 11 aromatic rings. The zero-order chi connectivity index (χ0) is 80.9. The van der Waals surface area contributed by atoms with Crippen molar-refractivity contribution in [1.82, 2.24) is 116 Å². The Balaban J connectivity index is -0.000000131. The van der Waals surface area contributed by atoms with Gasteiger partial charge in [0.25, 0.3) is 0 Å². The minimum atomic E-state index is 0.547. The molecule has 0 spiro atoms. The van der Waals surface area contributed by atoms with E-state index in [1.54, 1.807) is 105 Å². The maximum atomic E-state index is 4.18. The predicted octanol–water partition coefficient (Wildman–Crippen LogP) is 21.6. The van der Waals surface area contributed by atoms with Crippen LogP contribution in [0.15, 0.2) is 229 Å². The Hall–Kier alpha value is -9.67. The van der Waals surface area contributed by atoms with Crippen LogP contribution in [0.25, 0.3) is 0 Å². The van der Waals surface area contributed by atoms with Crippen molar-refractivity contribution in [3.8, 4) is 0 Å². The molecule has 0 saturated carbocycles. The van der Waals surface area contributed by atoms with Gasteiger partial charge < -0.3 is 4.98 Å². The maximum absolute atomic E-state index is 4.18. The van der Waals surface area contributed by atoms with Gasteiger partial charge in [-0.3, -0.25) is 25.1 Å². The van der Waals surface area contributed by atoms with Gasteiger partial charge in [-0.2, -0.15) is 40.9 Å². The third-order valence-corrected chi connectivity index (χ3v) is 6.46. The van der Waals surface area contributed by atoms with Crippen molar-refractivity contribution in [2.75, 3.05) is 0 Å². The van der Waals surface area contributed by atoms with E-state index in [9.17, 15) is 0 Å². The largest absolute Gasteiger partial charge is 0.351 e. The molecule has 0 aliphatic heterocycles. The smallest absolute Gasteiger partial charge is 0.138 e.